The number of nitrogens with zero attached hydrogens (tertiary/aromatic N) is 1. The molecular formula is C30H32ClNO4. The van der Waals surface area contributed by atoms with Gasteiger partial charge in [0.1, 0.15) is 17.9 Å². The number of fused-ring (bicyclic) bond motifs is 1. The van der Waals surface area contributed by atoms with E-state index in [9.17, 15) is 14.7 Å². The first-order chi connectivity index (χ1) is 17.2. The second-order valence-corrected chi connectivity index (χ2v) is 10.4. The molecule has 1 aliphatic rings. The molecule has 0 radical (unpaired) electrons. The molecule has 0 bridgehead atoms. The Morgan fingerprint density at radius 2 is 1.72 bits per heavy atom. The average Bonchev–Trinajstić information content (AvgIpc) is 3.16. The third-order valence-electron chi connectivity index (χ3n) is 6.60. The fourth-order valence-corrected chi connectivity index (χ4v) is 4.99. The molecule has 1 amide bonds. The fraction of sp³-hybridized carbons (Fsp3) is 0.333. The standard InChI is InChI=1S/C30H32ClNO4/c1-21-4-3-5-22(16-21)14-15-32(20-29(34)35)28(33)13-9-23-8-12-27-25(17-23)19-30(2,36-27)18-24-6-10-26(31)11-7-24/h3-8,10-12,16-17H,9,13-15,18-20H2,1-2H3,(H,34,35). The zero-order chi connectivity index (χ0) is 25.7. The zero-order valence-electron chi connectivity index (χ0n) is 20.8. The molecule has 3 aromatic carbocycles. The molecule has 4 rings (SSSR count). The summed E-state index contributed by atoms with van der Waals surface area (Å²) in [6, 6.07) is 22.0. The summed E-state index contributed by atoms with van der Waals surface area (Å²) in [6.07, 6.45) is 3.01. The Hall–Kier alpha value is -3.31. The Morgan fingerprint density at radius 3 is 2.44 bits per heavy atom. The summed E-state index contributed by atoms with van der Waals surface area (Å²) in [6.45, 7) is 4.23. The number of amides is 1. The Labute approximate surface area is 217 Å². The second-order valence-electron chi connectivity index (χ2n) is 9.92. The monoisotopic (exact) mass is 505 g/mol. The quantitative estimate of drug-likeness (QED) is 0.385. The van der Waals surface area contributed by atoms with E-state index >= 15 is 0 Å². The largest absolute Gasteiger partial charge is 0.487 e. The first-order valence-corrected chi connectivity index (χ1v) is 12.7. The lowest BCUT2D eigenvalue weighted by Crippen LogP contribution is -2.37. The van der Waals surface area contributed by atoms with Gasteiger partial charge in [-0.1, -0.05) is 65.7 Å². The van der Waals surface area contributed by atoms with Crippen LogP contribution < -0.4 is 4.74 Å². The third kappa shape index (κ3) is 6.88. The van der Waals surface area contributed by atoms with Crippen LogP contribution in [0.1, 0.15) is 41.2 Å². The molecule has 0 aromatic heterocycles. The molecule has 0 fully saturated rings. The Balaban J connectivity index is 1.35. The molecule has 0 saturated heterocycles. The minimum atomic E-state index is -0.998. The van der Waals surface area contributed by atoms with Crippen molar-refractivity contribution in [3.8, 4) is 5.75 Å². The van der Waals surface area contributed by atoms with Gasteiger partial charge in [-0.3, -0.25) is 9.59 Å². The number of ether oxygens (including phenoxy) is 1. The van der Waals surface area contributed by atoms with Gasteiger partial charge in [-0.2, -0.15) is 0 Å². The van der Waals surface area contributed by atoms with Crippen LogP contribution in [0.2, 0.25) is 5.02 Å². The van der Waals surface area contributed by atoms with Crippen LogP contribution in [-0.4, -0.2) is 40.6 Å². The van der Waals surface area contributed by atoms with Crippen molar-refractivity contribution >= 4 is 23.5 Å². The molecular weight excluding hydrogens is 474 g/mol. The lowest BCUT2D eigenvalue weighted by molar-refractivity contribution is -0.144. The Morgan fingerprint density at radius 1 is 1.00 bits per heavy atom. The first kappa shape index (κ1) is 25.8. The van der Waals surface area contributed by atoms with Gasteiger partial charge < -0.3 is 14.7 Å². The number of carboxylic acids is 1. The number of aryl methyl sites for hydroxylation is 2. The van der Waals surface area contributed by atoms with Gasteiger partial charge in [0.25, 0.3) is 0 Å². The average molecular weight is 506 g/mol. The van der Waals surface area contributed by atoms with Crippen molar-refractivity contribution in [2.75, 3.05) is 13.1 Å². The summed E-state index contributed by atoms with van der Waals surface area (Å²) < 4.78 is 6.30. The van der Waals surface area contributed by atoms with Gasteiger partial charge >= 0.3 is 5.97 Å². The minimum Gasteiger partial charge on any atom is -0.487 e. The molecule has 1 N–H and O–H groups in total. The normalized spacial score (nSPS) is 16.3. The van der Waals surface area contributed by atoms with Crippen LogP contribution in [-0.2, 0) is 35.3 Å². The molecule has 1 unspecified atom stereocenters. The van der Waals surface area contributed by atoms with Crippen molar-refractivity contribution in [3.63, 3.8) is 0 Å². The molecule has 1 aliphatic heterocycles. The van der Waals surface area contributed by atoms with E-state index in [1.165, 1.54) is 10.5 Å². The number of carboxylic acid groups (broad SMARTS) is 1. The van der Waals surface area contributed by atoms with E-state index in [-0.39, 0.29) is 24.5 Å². The lowest BCUT2D eigenvalue weighted by atomic mass is 9.91. The summed E-state index contributed by atoms with van der Waals surface area (Å²) in [5.41, 5.74) is 5.27. The van der Waals surface area contributed by atoms with Gasteiger partial charge in [-0.15, -0.1) is 0 Å². The fourth-order valence-electron chi connectivity index (χ4n) is 4.86. The van der Waals surface area contributed by atoms with E-state index in [1.807, 2.05) is 61.5 Å². The number of hydrogen-bond acceptors (Lipinski definition) is 3. The van der Waals surface area contributed by atoms with Crippen LogP contribution in [0.15, 0.2) is 66.7 Å². The van der Waals surface area contributed by atoms with Crippen molar-refractivity contribution in [3.05, 3.63) is 99.6 Å². The maximum Gasteiger partial charge on any atom is 0.323 e. The molecule has 6 heteroatoms. The summed E-state index contributed by atoms with van der Waals surface area (Å²) in [5.74, 6) is -0.260. The molecule has 0 spiro atoms. The molecule has 0 aliphatic carbocycles. The van der Waals surface area contributed by atoms with E-state index in [4.69, 9.17) is 16.3 Å². The zero-order valence-corrected chi connectivity index (χ0v) is 21.6. The summed E-state index contributed by atoms with van der Waals surface area (Å²) in [4.78, 5) is 25.8. The molecule has 0 saturated carbocycles. The number of aliphatic carboxylic acids is 1. The molecule has 188 valence electrons. The molecule has 3 aromatic rings. The lowest BCUT2D eigenvalue weighted by Gasteiger charge is -2.24. The highest BCUT2D eigenvalue weighted by atomic mass is 35.5. The van der Waals surface area contributed by atoms with Crippen LogP contribution in [0, 0.1) is 6.92 Å². The Kier molecular flexibility index (Phi) is 8.00. The highest BCUT2D eigenvalue weighted by molar-refractivity contribution is 6.30. The number of carbonyl (C=O) groups is 2. The van der Waals surface area contributed by atoms with Crippen molar-refractivity contribution in [1.29, 1.82) is 0 Å². The maximum atomic E-state index is 12.9. The van der Waals surface area contributed by atoms with E-state index in [0.29, 0.717) is 19.4 Å². The van der Waals surface area contributed by atoms with E-state index in [1.54, 1.807) is 0 Å². The molecule has 1 atom stereocenters. The highest BCUT2D eigenvalue weighted by Gasteiger charge is 2.35. The van der Waals surface area contributed by atoms with Gasteiger partial charge in [0.15, 0.2) is 0 Å². The predicted molar refractivity (Wildman–Crippen MR) is 142 cm³/mol. The topological polar surface area (TPSA) is 66.8 Å². The van der Waals surface area contributed by atoms with Gasteiger partial charge in [0.2, 0.25) is 5.91 Å². The van der Waals surface area contributed by atoms with E-state index in [2.05, 4.69) is 19.1 Å². The van der Waals surface area contributed by atoms with Crippen LogP contribution in [0.3, 0.4) is 0 Å². The van der Waals surface area contributed by atoms with E-state index < -0.39 is 5.97 Å². The predicted octanol–water partition coefficient (Wildman–Crippen LogP) is 5.67. The summed E-state index contributed by atoms with van der Waals surface area (Å²) in [7, 11) is 0. The van der Waals surface area contributed by atoms with Crippen molar-refractivity contribution < 1.29 is 19.4 Å². The van der Waals surface area contributed by atoms with Gasteiger partial charge in [-0.25, -0.2) is 0 Å². The number of halogens is 1. The number of benzene rings is 3. The van der Waals surface area contributed by atoms with Gasteiger partial charge in [0, 0.05) is 30.8 Å². The van der Waals surface area contributed by atoms with Crippen LogP contribution >= 0.6 is 11.6 Å². The van der Waals surface area contributed by atoms with Crippen LogP contribution in [0.4, 0.5) is 0 Å². The van der Waals surface area contributed by atoms with Crippen LogP contribution in [0.5, 0.6) is 5.75 Å². The van der Waals surface area contributed by atoms with Crippen molar-refractivity contribution in [1.82, 2.24) is 4.90 Å². The van der Waals surface area contributed by atoms with Crippen molar-refractivity contribution in [2.24, 2.45) is 0 Å². The summed E-state index contributed by atoms with van der Waals surface area (Å²) in [5, 5.41) is 10.0. The van der Waals surface area contributed by atoms with Gasteiger partial charge in [0.05, 0.1) is 0 Å². The summed E-state index contributed by atoms with van der Waals surface area (Å²) >= 11 is 6.01. The SMILES string of the molecule is Cc1cccc(CCN(CC(=O)O)C(=O)CCc2ccc3c(c2)CC(C)(Cc2ccc(Cl)cc2)O3)c1. The first-order valence-electron chi connectivity index (χ1n) is 12.3. The second kappa shape index (κ2) is 11.2. The van der Waals surface area contributed by atoms with Gasteiger partial charge in [-0.05, 0) is 67.1 Å². The number of rotatable bonds is 10. The molecule has 1 heterocycles. The van der Waals surface area contributed by atoms with Crippen LogP contribution in [0.25, 0.3) is 0 Å². The Bertz CT molecular complexity index is 1240. The minimum absolute atomic E-state index is 0.144. The molecule has 5 nitrogen and oxygen atoms in total. The third-order valence-corrected chi connectivity index (χ3v) is 6.85. The highest BCUT2D eigenvalue weighted by Crippen LogP contribution is 2.37. The van der Waals surface area contributed by atoms with Crippen molar-refractivity contribution in [2.45, 2.75) is 51.6 Å². The molecule has 36 heavy (non-hydrogen) atoms. The number of hydrogen-bond donors (Lipinski definition) is 1. The maximum absolute atomic E-state index is 12.9. The van der Waals surface area contributed by atoms with E-state index in [0.717, 1.165) is 45.9 Å². The smallest absolute Gasteiger partial charge is 0.323 e. The number of carbonyl (C=O) groups excluding carboxylic acids is 1.